The molecule has 0 bridgehead atoms. The molecule has 0 aromatic carbocycles. The van der Waals surface area contributed by atoms with Gasteiger partial charge in [0.15, 0.2) is 5.13 Å². The molecule has 1 fully saturated rings. The maximum atomic E-state index is 4.34. The third-order valence-corrected chi connectivity index (χ3v) is 3.18. The van der Waals surface area contributed by atoms with Crippen molar-refractivity contribution in [2.75, 3.05) is 18.4 Å². The molecule has 0 amide bonds. The molecule has 1 aliphatic rings. The second-order valence-corrected chi connectivity index (χ2v) is 4.66. The van der Waals surface area contributed by atoms with E-state index in [1.165, 1.54) is 19.3 Å². The average Bonchev–Trinajstić information content (AvgIpc) is 2.89. The highest BCUT2D eigenvalue weighted by Gasteiger charge is 2.19. The zero-order chi connectivity index (χ0) is 9.80. The number of hydrogen-bond donors (Lipinski definition) is 2. The van der Waals surface area contributed by atoms with Crippen LogP contribution in [0.15, 0.2) is 5.38 Å². The Labute approximate surface area is 88.9 Å². The predicted octanol–water partition coefficient (Wildman–Crippen LogP) is 2.01. The monoisotopic (exact) mass is 211 g/mol. The van der Waals surface area contributed by atoms with Crippen molar-refractivity contribution in [3.63, 3.8) is 0 Å². The van der Waals surface area contributed by atoms with Crippen LogP contribution in [-0.2, 0) is 0 Å². The van der Waals surface area contributed by atoms with Crippen LogP contribution in [0, 0.1) is 6.92 Å². The number of rotatable bonds is 6. The summed E-state index contributed by atoms with van der Waals surface area (Å²) in [6.45, 7) is 4.17. The fourth-order valence-electron chi connectivity index (χ4n) is 1.31. The fraction of sp³-hybridized carbons (Fsp3) is 0.700. The molecule has 3 nitrogen and oxygen atoms in total. The van der Waals surface area contributed by atoms with Crippen LogP contribution in [0.25, 0.3) is 0 Å². The molecule has 4 heteroatoms. The molecule has 1 heterocycles. The van der Waals surface area contributed by atoms with Gasteiger partial charge in [-0.2, -0.15) is 0 Å². The Kier molecular flexibility index (Phi) is 3.37. The normalized spacial score (nSPS) is 15.8. The molecule has 2 N–H and O–H groups in total. The molecule has 0 saturated heterocycles. The van der Waals surface area contributed by atoms with Gasteiger partial charge in [0.25, 0.3) is 0 Å². The molecule has 1 saturated carbocycles. The highest BCUT2D eigenvalue weighted by atomic mass is 32.1. The van der Waals surface area contributed by atoms with E-state index < -0.39 is 0 Å². The molecule has 0 radical (unpaired) electrons. The number of hydrogen-bond acceptors (Lipinski definition) is 4. The lowest BCUT2D eigenvalue weighted by molar-refractivity contribution is 0.659. The Morgan fingerprint density at radius 3 is 3.00 bits per heavy atom. The van der Waals surface area contributed by atoms with Crippen LogP contribution < -0.4 is 10.6 Å². The van der Waals surface area contributed by atoms with E-state index in [-0.39, 0.29) is 0 Å². The summed E-state index contributed by atoms with van der Waals surface area (Å²) in [5.41, 5.74) is 1.11. The Hall–Kier alpha value is -0.610. The van der Waals surface area contributed by atoms with Gasteiger partial charge in [-0.1, -0.05) is 0 Å². The first-order chi connectivity index (χ1) is 6.84. The lowest BCUT2D eigenvalue weighted by Crippen LogP contribution is -2.19. The first kappa shape index (κ1) is 9.93. The van der Waals surface area contributed by atoms with Gasteiger partial charge >= 0.3 is 0 Å². The van der Waals surface area contributed by atoms with Gasteiger partial charge in [0.2, 0.25) is 0 Å². The molecule has 0 atom stereocenters. The summed E-state index contributed by atoms with van der Waals surface area (Å²) in [6, 6.07) is 0.831. The zero-order valence-corrected chi connectivity index (χ0v) is 9.36. The maximum absolute atomic E-state index is 4.34. The van der Waals surface area contributed by atoms with E-state index in [0.29, 0.717) is 0 Å². The second-order valence-electron chi connectivity index (χ2n) is 3.80. The van der Waals surface area contributed by atoms with Gasteiger partial charge in [0.1, 0.15) is 0 Å². The number of thiazole rings is 1. The lowest BCUT2D eigenvalue weighted by Gasteiger charge is -2.03. The molecule has 1 aromatic rings. The predicted molar refractivity (Wildman–Crippen MR) is 61.0 cm³/mol. The molecule has 0 unspecified atom stereocenters. The van der Waals surface area contributed by atoms with Crippen LogP contribution in [0.1, 0.15) is 25.0 Å². The topological polar surface area (TPSA) is 37.0 Å². The molecule has 78 valence electrons. The van der Waals surface area contributed by atoms with Crippen LogP contribution in [-0.4, -0.2) is 24.1 Å². The van der Waals surface area contributed by atoms with Gasteiger partial charge in [-0.05, 0) is 32.7 Å². The van der Waals surface area contributed by atoms with E-state index in [4.69, 9.17) is 0 Å². The SMILES string of the molecule is Cc1csc(NCCCNC2CC2)n1. The van der Waals surface area contributed by atoms with Gasteiger partial charge in [0.05, 0.1) is 5.69 Å². The standard InChI is InChI=1S/C10H17N3S/c1-8-7-14-10(13-8)12-6-2-5-11-9-3-4-9/h7,9,11H,2-6H2,1H3,(H,12,13). The minimum atomic E-state index is 0.831. The van der Waals surface area contributed by atoms with Crippen molar-refractivity contribution in [1.82, 2.24) is 10.3 Å². The number of nitrogens with zero attached hydrogens (tertiary/aromatic N) is 1. The summed E-state index contributed by atoms with van der Waals surface area (Å²) < 4.78 is 0. The molecule has 1 aliphatic carbocycles. The summed E-state index contributed by atoms with van der Waals surface area (Å²) in [5, 5.41) is 9.94. The summed E-state index contributed by atoms with van der Waals surface area (Å²) in [5.74, 6) is 0. The molecule has 0 aliphatic heterocycles. The Bertz CT molecular complexity index is 281. The minimum Gasteiger partial charge on any atom is -0.361 e. The summed E-state index contributed by atoms with van der Waals surface area (Å²) in [6.07, 6.45) is 3.92. The van der Waals surface area contributed by atoms with Crippen LogP contribution in [0.3, 0.4) is 0 Å². The second kappa shape index (κ2) is 4.75. The number of anilines is 1. The highest BCUT2D eigenvalue weighted by Crippen LogP contribution is 2.18. The lowest BCUT2D eigenvalue weighted by atomic mass is 10.4. The molecule has 2 rings (SSSR count). The molecular formula is C10H17N3S. The van der Waals surface area contributed by atoms with Gasteiger partial charge < -0.3 is 10.6 Å². The quantitative estimate of drug-likeness (QED) is 0.707. The summed E-state index contributed by atoms with van der Waals surface area (Å²) in [7, 11) is 0. The van der Waals surface area contributed by atoms with Crippen LogP contribution in [0.4, 0.5) is 5.13 Å². The van der Waals surface area contributed by atoms with E-state index in [1.807, 2.05) is 6.92 Å². The average molecular weight is 211 g/mol. The van der Waals surface area contributed by atoms with Crippen molar-refractivity contribution in [2.24, 2.45) is 0 Å². The van der Waals surface area contributed by atoms with Crippen LogP contribution in [0.2, 0.25) is 0 Å². The molecule has 0 spiro atoms. The largest absolute Gasteiger partial charge is 0.361 e. The van der Waals surface area contributed by atoms with Crippen molar-refractivity contribution >= 4 is 16.5 Å². The number of nitrogens with one attached hydrogen (secondary N) is 2. The van der Waals surface area contributed by atoms with Crippen LogP contribution in [0.5, 0.6) is 0 Å². The van der Waals surface area contributed by atoms with Gasteiger partial charge in [-0.3, -0.25) is 0 Å². The highest BCUT2D eigenvalue weighted by molar-refractivity contribution is 7.13. The van der Waals surface area contributed by atoms with Crippen molar-refractivity contribution in [3.05, 3.63) is 11.1 Å². The van der Waals surface area contributed by atoms with E-state index >= 15 is 0 Å². The van der Waals surface area contributed by atoms with E-state index in [9.17, 15) is 0 Å². The Balaban J connectivity index is 1.53. The summed E-state index contributed by atoms with van der Waals surface area (Å²) in [4.78, 5) is 4.34. The van der Waals surface area contributed by atoms with E-state index in [0.717, 1.165) is 30.0 Å². The van der Waals surface area contributed by atoms with Gasteiger partial charge in [-0.25, -0.2) is 4.98 Å². The molecule has 14 heavy (non-hydrogen) atoms. The van der Waals surface area contributed by atoms with Crippen molar-refractivity contribution < 1.29 is 0 Å². The first-order valence-electron chi connectivity index (χ1n) is 5.24. The van der Waals surface area contributed by atoms with Crippen molar-refractivity contribution in [2.45, 2.75) is 32.2 Å². The van der Waals surface area contributed by atoms with Crippen LogP contribution >= 0.6 is 11.3 Å². The third-order valence-electron chi connectivity index (χ3n) is 2.26. The molecular weight excluding hydrogens is 194 g/mol. The third kappa shape index (κ3) is 3.27. The van der Waals surface area contributed by atoms with E-state index in [2.05, 4.69) is 21.0 Å². The van der Waals surface area contributed by atoms with E-state index in [1.54, 1.807) is 11.3 Å². The molecule has 1 aromatic heterocycles. The minimum absolute atomic E-state index is 0.831. The fourth-order valence-corrected chi connectivity index (χ4v) is 2.03. The zero-order valence-electron chi connectivity index (χ0n) is 8.55. The van der Waals surface area contributed by atoms with Gasteiger partial charge in [-0.15, -0.1) is 11.3 Å². The number of aryl methyl sites for hydroxylation is 1. The smallest absolute Gasteiger partial charge is 0.182 e. The summed E-state index contributed by atoms with van der Waals surface area (Å²) >= 11 is 1.68. The maximum Gasteiger partial charge on any atom is 0.182 e. The number of aromatic nitrogens is 1. The van der Waals surface area contributed by atoms with Gasteiger partial charge in [0, 0.05) is 18.0 Å². The van der Waals surface area contributed by atoms with Crippen molar-refractivity contribution in [1.29, 1.82) is 0 Å². The Morgan fingerprint density at radius 1 is 1.50 bits per heavy atom. The van der Waals surface area contributed by atoms with Crippen molar-refractivity contribution in [3.8, 4) is 0 Å². The first-order valence-corrected chi connectivity index (χ1v) is 6.12. The Morgan fingerprint density at radius 2 is 2.36 bits per heavy atom.